The largest absolute Gasteiger partial charge is 0.477 e. The van der Waals surface area contributed by atoms with Crippen LogP contribution in [0.1, 0.15) is 53.2 Å². The number of carbonyl (C=O) groups is 1. The van der Waals surface area contributed by atoms with Crippen molar-refractivity contribution in [3.05, 3.63) is 28.4 Å². The van der Waals surface area contributed by atoms with Crippen LogP contribution in [0.4, 0.5) is 16.9 Å². The lowest BCUT2D eigenvalue weighted by atomic mass is 9.92. The van der Waals surface area contributed by atoms with E-state index in [1.165, 1.54) is 0 Å². The van der Waals surface area contributed by atoms with Crippen molar-refractivity contribution >= 4 is 39.8 Å². The molecule has 2 saturated heterocycles. The van der Waals surface area contributed by atoms with Gasteiger partial charge < -0.3 is 24.6 Å². The average Bonchev–Trinajstić information content (AvgIpc) is 3.41. The summed E-state index contributed by atoms with van der Waals surface area (Å²) in [6.07, 6.45) is 5.44. The van der Waals surface area contributed by atoms with Gasteiger partial charge in [-0.1, -0.05) is 17.4 Å². The van der Waals surface area contributed by atoms with Crippen molar-refractivity contribution in [3.8, 4) is 0 Å². The van der Waals surface area contributed by atoms with E-state index < -0.39 is 11.8 Å². The molecular formula is C22H27N5O5S. The Bertz CT molecular complexity index is 1070. The van der Waals surface area contributed by atoms with E-state index in [9.17, 15) is 15.0 Å². The second kappa shape index (κ2) is 8.98. The van der Waals surface area contributed by atoms with E-state index in [0.29, 0.717) is 62.3 Å². The van der Waals surface area contributed by atoms with Gasteiger partial charge >= 0.3 is 5.97 Å². The smallest absolute Gasteiger partial charge is 0.347 e. The van der Waals surface area contributed by atoms with Crippen molar-refractivity contribution in [1.82, 2.24) is 15.0 Å². The molecule has 33 heavy (non-hydrogen) atoms. The van der Waals surface area contributed by atoms with Crippen LogP contribution in [0, 0.1) is 6.92 Å². The highest BCUT2D eigenvalue weighted by molar-refractivity contribution is 7.17. The Kier molecular flexibility index (Phi) is 6.04. The number of hydrogen-bond acceptors (Lipinski definition) is 10. The van der Waals surface area contributed by atoms with Crippen LogP contribution >= 0.6 is 11.3 Å². The molecule has 0 radical (unpaired) electrons. The molecule has 10 nitrogen and oxygen atoms in total. The second-order valence-corrected chi connectivity index (χ2v) is 9.56. The van der Waals surface area contributed by atoms with Gasteiger partial charge in [0.1, 0.15) is 10.7 Å². The number of allylic oxidation sites excluding steroid dienone is 1. The van der Waals surface area contributed by atoms with Gasteiger partial charge in [-0.25, -0.2) is 14.8 Å². The first-order valence-electron chi connectivity index (χ1n) is 11.2. The van der Waals surface area contributed by atoms with E-state index >= 15 is 0 Å². The summed E-state index contributed by atoms with van der Waals surface area (Å²) < 4.78 is 11.7. The molecule has 5 rings (SSSR count). The van der Waals surface area contributed by atoms with Gasteiger partial charge in [-0.3, -0.25) is 5.32 Å². The number of carboxylic acid groups (broad SMARTS) is 1. The highest BCUT2D eigenvalue weighted by Gasteiger charge is 2.38. The minimum Gasteiger partial charge on any atom is -0.477 e. The molecule has 0 unspecified atom stereocenters. The van der Waals surface area contributed by atoms with Gasteiger partial charge in [0, 0.05) is 32.0 Å². The third kappa shape index (κ3) is 4.72. The van der Waals surface area contributed by atoms with Crippen molar-refractivity contribution in [3.63, 3.8) is 0 Å². The summed E-state index contributed by atoms with van der Waals surface area (Å²) in [7, 11) is 0. The number of rotatable bonds is 5. The zero-order valence-electron chi connectivity index (χ0n) is 18.4. The summed E-state index contributed by atoms with van der Waals surface area (Å²) in [6.45, 7) is 4.34. The van der Waals surface area contributed by atoms with Gasteiger partial charge in [-0.15, -0.1) is 0 Å². The second-order valence-electron chi connectivity index (χ2n) is 8.56. The van der Waals surface area contributed by atoms with Crippen LogP contribution in [0.3, 0.4) is 0 Å². The lowest BCUT2D eigenvalue weighted by molar-refractivity contribution is -0.159. The molecule has 1 spiro atoms. The quantitative estimate of drug-likeness (QED) is 0.596. The molecular weight excluding hydrogens is 446 g/mol. The molecule has 1 aliphatic carbocycles. The highest BCUT2D eigenvalue weighted by atomic mass is 32.1. The summed E-state index contributed by atoms with van der Waals surface area (Å²) in [5.41, 5.74) is 2.37. The van der Waals surface area contributed by atoms with Crippen LogP contribution in [0.15, 0.2) is 12.1 Å². The number of anilines is 3. The van der Waals surface area contributed by atoms with E-state index in [2.05, 4.69) is 21.3 Å². The molecule has 0 aromatic carbocycles. The molecule has 176 valence electrons. The number of aliphatic hydroxyl groups is 1. The average molecular weight is 474 g/mol. The number of piperidine rings is 1. The van der Waals surface area contributed by atoms with Crippen LogP contribution < -0.4 is 10.2 Å². The van der Waals surface area contributed by atoms with Crippen LogP contribution in [0.25, 0.3) is 5.57 Å². The van der Waals surface area contributed by atoms with Crippen molar-refractivity contribution in [1.29, 1.82) is 0 Å². The van der Waals surface area contributed by atoms with E-state index in [4.69, 9.17) is 19.4 Å². The summed E-state index contributed by atoms with van der Waals surface area (Å²) in [4.78, 5) is 27.5. The number of thiazole rings is 1. The Labute approximate surface area is 195 Å². The number of carboxylic acids is 1. The Morgan fingerprint density at radius 3 is 2.64 bits per heavy atom. The van der Waals surface area contributed by atoms with E-state index in [0.717, 1.165) is 41.3 Å². The number of aryl methyl sites for hydroxylation is 1. The minimum atomic E-state index is -1.00. The lowest BCUT2D eigenvalue weighted by Gasteiger charge is -2.32. The van der Waals surface area contributed by atoms with E-state index in [1.54, 1.807) is 6.92 Å². The number of aromatic carboxylic acids is 1. The Morgan fingerprint density at radius 1 is 1.24 bits per heavy atom. The van der Waals surface area contributed by atoms with Crippen LogP contribution in [0.5, 0.6) is 0 Å². The normalized spacial score (nSPS) is 20.8. The van der Waals surface area contributed by atoms with Gasteiger partial charge in [0.05, 0.1) is 30.7 Å². The zero-order chi connectivity index (χ0) is 23.0. The molecule has 2 aromatic heterocycles. The molecule has 4 heterocycles. The first-order valence-corrected chi connectivity index (χ1v) is 12.0. The van der Waals surface area contributed by atoms with Crippen LogP contribution in [-0.2, 0) is 9.47 Å². The summed E-state index contributed by atoms with van der Waals surface area (Å²) >= 11 is 1.06. The third-order valence-corrected chi connectivity index (χ3v) is 7.35. The van der Waals surface area contributed by atoms with Gasteiger partial charge in [-0.2, -0.15) is 4.98 Å². The zero-order valence-corrected chi connectivity index (χ0v) is 19.2. The number of nitrogens with one attached hydrogen (secondary N) is 1. The molecule has 2 fully saturated rings. The van der Waals surface area contributed by atoms with E-state index in [-0.39, 0.29) is 11.0 Å². The molecule has 2 aliphatic heterocycles. The molecule has 2 aromatic rings. The molecule has 3 aliphatic rings. The first kappa shape index (κ1) is 22.2. The maximum absolute atomic E-state index is 11.4. The first-order chi connectivity index (χ1) is 15.9. The molecule has 3 N–H and O–H groups in total. The standard InChI is InChI=1S/C22H27N5O5S/c1-13-18(19(29)30)33-21(23-13)26-20-24-16(12-17(25-20)27-8-4-15(28)5-9-27)14-2-6-22(7-3-14)31-10-11-32-22/h2,12,15,28H,3-11H2,1H3,(H,29,30)(H,23,24,25,26). The fourth-order valence-electron chi connectivity index (χ4n) is 4.46. The Hall–Kier alpha value is -2.60. The lowest BCUT2D eigenvalue weighted by Crippen LogP contribution is -2.36. The van der Waals surface area contributed by atoms with Crippen LogP contribution in [0.2, 0.25) is 0 Å². The molecule has 11 heteroatoms. The number of aliphatic hydroxyl groups excluding tert-OH is 1. The summed E-state index contributed by atoms with van der Waals surface area (Å²) in [6, 6.07) is 1.98. The Balaban J connectivity index is 1.45. The number of aromatic nitrogens is 3. The SMILES string of the molecule is Cc1nc(Nc2nc(C3=CCC4(CC3)OCCO4)cc(N3CCC(O)CC3)n2)sc1C(=O)O. The van der Waals surface area contributed by atoms with Crippen molar-refractivity contribution < 1.29 is 24.5 Å². The molecule has 0 amide bonds. The number of nitrogens with zero attached hydrogens (tertiary/aromatic N) is 4. The molecule has 0 atom stereocenters. The number of ether oxygens (including phenoxy) is 2. The maximum atomic E-state index is 11.4. The summed E-state index contributed by atoms with van der Waals surface area (Å²) in [5, 5.41) is 22.8. The van der Waals surface area contributed by atoms with E-state index in [1.807, 2.05) is 6.07 Å². The van der Waals surface area contributed by atoms with Crippen LogP contribution in [-0.4, -0.2) is 69.3 Å². The predicted octanol–water partition coefficient (Wildman–Crippen LogP) is 2.95. The van der Waals surface area contributed by atoms with Crippen molar-refractivity contribution in [2.45, 2.75) is 50.9 Å². The van der Waals surface area contributed by atoms with Gasteiger partial charge in [0.25, 0.3) is 0 Å². The predicted molar refractivity (Wildman–Crippen MR) is 123 cm³/mol. The molecule has 0 bridgehead atoms. The van der Waals surface area contributed by atoms with Gasteiger partial charge in [0.15, 0.2) is 10.9 Å². The maximum Gasteiger partial charge on any atom is 0.347 e. The summed E-state index contributed by atoms with van der Waals surface area (Å²) in [5.74, 6) is -0.364. The topological polar surface area (TPSA) is 130 Å². The van der Waals surface area contributed by atoms with Gasteiger partial charge in [0.2, 0.25) is 5.95 Å². The van der Waals surface area contributed by atoms with Gasteiger partial charge in [-0.05, 0) is 31.8 Å². The fourth-order valence-corrected chi connectivity index (χ4v) is 5.25. The molecule has 0 saturated carbocycles. The monoisotopic (exact) mass is 473 g/mol. The third-order valence-electron chi connectivity index (χ3n) is 6.29. The Morgan fingerprint density at radius 2 is 2.00 bits per heavy atom. The minimum absolute atomic E-state index is 0.191. The highest BCUT2D eigenvalue weighted by Crippen LogP contribution is 2.38. The van der Waals surface area contributed by atoms with Crippen molar-refractivity contribution in [2.24, 2.45) is 0 Å². The number of hydrogen-bond donors (Lipinski definition) is 3. The fraction of sp³-hybridized carbons (Fsp3) is 0.545. The van der Waals surface area contributed by atoms with Crippen molar-refractivity contribution in [2.75, 3.05) is 36.5 Å².